The molecule has 0 amide bonds. The first-order valence-electron chi connectivity index (χ1n) is 6.58. The molecule has 0 unspecified atom stereocenters. The van der Waals surface area contributed by atoms with E-state index in [0.717, 1.165) is 0 Å². The molecule has 4 heteroatoms. The largest absolute Gasteiger partial charge is 3.00 e. The van der Waals surface area contributed by atoms with E-state index in [1.54, 1.807) is 41.5 Å². The van der Waals surface area contributed by atoms with Crippen molar-refractivity contribution >= 4 is 17.4 Å². The fourth-order valence-corrected chi connectivity index (χ4v) is 0.534. The van der Waals surface area contributed by atoms with E-state index in [1.807, 2.05) is 18.2 Å². The Labute approximate surface area is 135 Å². The van der Waals surface area contributed by atoms with E-state index in [1.165, 1.54) is 5.56 Å². The maximum atomic E-state index is 9.53. The van der Waals surface area contributed by atoms with Crippen LogP contribution in [0.4, 0.5) is 0 Å². The summed E-state index contributed by atoms with van der Waals surface area (Å²) in [4.78, 5) is 0. The van der Waals surface area contributed by atoms with Crippen LogP contribution in [0.15, 0.2) is 30.3 Å². The van der Waals surface area contributed by atoms with Gasteiger partial charge in [-0.05, 0) is 6.92 Å². The average molecular weight is 296 g/mol. The van der Waals surface area contributed by atoms with Gasteiger partial charge in [-0.2, -0.15) is 0 Å². The normalized spacial score (nSPS) is 8.45. The molecule has 0 bridgehead atoms. The third kappa shape index (κ3) is 83.7. The minimum atomic E-state index is -0.417. The Hall–Kier alpha value is -0.368. The Morgan fingerprint density at radius 3 is 0.950 bits per heavy atom. The zero-order chi connectivity index (χ0) is 15.8. The summed E-state index contributed by atoms with van der Waals surface area (Å²) in [5.41, 5.74) is 1.32. The second-order valence-electron chi connectivity index (χ2n) is 4.80. The molecule has 3 nitrogen and oxygen atoms in total. The van der Waals surface area contributed by atoms with Gasteiger partial charge in [0.2, 0.25) is 0 Å². The molecule has 1 rings (SSSR count). The van der Waals surface area contributed by atoms with Crippen LogP contribution in [0.2, 0.25) is 0 Å². The summed E-state index contributed by atoms with van der Waals surface area (Å²) in [7, 11) is 0. The Balaban J connectivity index is -0.0000000881. The van der Waals surface area contributed by atoms with Crippen LogP contribution in [0, 0.1) is 6.92 Å². The first-order valence-corrected chi connectivity index (χ1v) is 6.58. The Morgan fingerprint density at radius 1 is 0.650 bits per heavy atom. The first-order chi connectivity index (χ1) is 8.59. The van der Waals surface area contributed by atoms with Crippen LogP contribution in [0.5, 0.6) is 0 Å². The topological polar surface area (TPSA) is 69.2 Å². The summed E-state index contributed by atoms with van der Waals surface area (Å²) < 4.78 is 0. The van der Waals surface area contributed by atoms with Crippen molar-refractivity contribution in [1.29, 1.82) is 0 Å². The third-order valence-electron chi connectivity index (χ3n) is 0.940. The molecule has 0 aliphatic rings. The second-order valence-corrected chi connectivity index (χ2v) is 4.80. The van der Waals surface area contributed by atoms with Gasteiger partial charge < -0.3 is 15.3 Å². The molecule has 0 aliphatic heterocycles. The Kier molecular flexibility index (Phi) is 29.2. The fourth-order valence-electron chi connectivity index (χ4n) is 0.534. The smallest absolute Gasteiger partial charge is 0.852 e. The summed E-state index contributed by atoms with van der Waals surface area (Å²) in [5, 5.41) is 28.6. The number of benzene rings is 1. The molecule has 0 radical (unpaired) electrons. The molecule has 0 aliphatic carbocycles. The molecule has 0 aromatic heterocycles. The molecule has 0 saturated carbocycles. The minimum Gasteiger partial charge on any atom is -0.852 e. The van der Waals surface area contributed by atoms with Crippen molar-refractivity contribution < 1.29 is 15.3 Å². The number of aryl methyl sites for hydroxylation is 1. The van der Waals surface area contributed by atoms with Crippen molar-refractivity contribution in [3.05, 3.63) is 35.9 Å². The van der Waals surface area contributed by atoms with Crippen LogP contribution < -0.4 is 15.3 Å². The van der Waals surface area contributed by atoms with Gasteiger partial charge in [0.15, 0.2) is 0 Å². The predicted octanol–water partition coefficient (Wildman–Crippen LogP) is 0.880. The van der Waals surface area contributed by atoms with E-state index in [0.29, 0.717) is 0 Å². The van der Waals surface area contributed by atoms with Crippen LogP contribution in [0.1, 0.15) is 47.1 Å². The first kappa shape index (κ1) is 27.9. The van der Waals surface area contributed by atoms with Gasteiger partial charge >= 0.3 is 17.4 Å². The van der Waals surface area contributed by atoms with E-state index in [2.05, 4.69) is 19.1 Å². The maximum absolute atomic E-state index is 9.53. The predicted molar refractivity (Wildman–Crippen MR) is 82.3 cm³/mol. The Morgan fingerprint density at radius 2 is 0.850 bits per heavy atom. The van der Waals surface area contributed by atoms with Crippen molar-refractivity contribution in [3.8, 4) is 0 Å². The molecule has 114 valence electrons. The zero-order valence-corrected chi connectivity index (χ0v) is 15.1. The van der Waals surface area contributed by atoms with Crippen LogP contribution in [-0.2, 0) is 0 Å². The standard InChI is InChI=1S/C7H8.3C3H7O.Al/c1-7-5-3-2-4-6-7;3*1-3(2)4;/h2-6H,1H3;3*3H,1-2H3;/q;3*-1;+3. The molecule has 0 atom stereocenters. The molecule has 0 N–H and O–H groups in total. The molecule has 1 aromatic carbocycles. The molecule has 0 spiro atoms. The quantitative estimate of drug-likeness (QED) is 0.667. The van der Waals surface area contributed by atoms with Gasteiger partial charge in [0, 0.05) is 0 Å². The molecule has 20 heavy (non-hydrogen) atoms. The third-order valence-corrected chi connectivity index (χ3v) is 0.940. The molecular formula is C16H29AlO3. The summed E-state index contributed by atoms with van der Waals surface area (Å²) >= 11 is 0. The average Bonchev–Trinajstić information content (AvgIpc) is 2.15. The van der Waals surface area contributed by atoms with Crippen molar-refractivity contribution in [1.82, 2.24) is 0 Å². The van der Waals surface area contributed by atoms with Gasteiger partial charge in [0.25, 0.3) is 0 Å². The van der Waals surface area contributed by atoms with Crippen LogP contribution in [0.3, 0.4) is 0 Å². The summed E-state index contributed by atoms with van der Waals surface area (Å²) in [6.07, 6.45) is -1.25. The van der Waals surface area contributed by atoms with Crippen molar-refractivity contribution in [2.45, 2.75) is 66.8 Å². The maximum Gasteiger partial charge on any atom is 3.00 e. The molecule has 1 aromatic rings. The number of hydrogen-bond donors (Lipinski definition) is 0. The van der Waals surface area contributed by atoms with Crippen molar-refractivity contribution in [2.24, 2.45) is 0 Å². The van der Waals surface area contributed by atoms with E-state index >= 15 is 0 Å². The minimum absolute atomic E-state index is 0. The number of rotatable bonds is 0. The van der Waals surface area contributed by atoms with Crippen LogP contribution in [0.25, 0.3) is 0 Å². The molecule has 0 fully saturated rings. The number of hydrogen-bond acceptors (Lipinski definition) is 3. The monoisotopic (exact) mass is 296 g/mol. The van der Waals surface area contributed by atoms with E-state index in [-0.39, 0.29) is 17.4 Å². The molecule has 0 saturated heterocycles. The van der Waals surface area contributed by atoms with Gasteiger partial charge in [-0.15, -0.1) is 18.3 Å². The second kappa shape index (κ2) is 20.9. The van der Waals surface area contributed by atoms with E-state index < -0.39 is 18.3 Å². The van der Waals surface area contributed by atoms with Gasteiger partial charge in [-0.3, -0.25) is 0 Å². The van der Waals surface area contributed by atoms with Gasteiger partial charge in [0.05, 0.1) is 0 Å². The summed E-state index contributed by atoms with van der Waals surface area (Å²) in [6.45, 7) is 11.8. The molecule has 0 heterocycles. The van der Waals surface area contributed by atoms with Crippen molar-refractivity contribution in [3.63, 3.8) is 0 Å². The molecular weight excluding hydrogens is 267 g/mol. The fraction of sp³-hybridized carbons (Fsp3) is 0.625. The SMILES string of the molecule is CC(C)[O-].CC(C)[O-].CC(C)[O-].Cc1ccccc1.[Al+3]. The Bertz CT molecular complexity index is 227. The van der Waals surface area contributed by atoms with Gasteiger partial charge in [-0.25, -0.2) is 0 Å². The van der Waals surface area contributed by atoms with E-state index in [4.69, 9.17) is 0 Å². The van der Waals surface area contributed by atoms with E-state index in [9.17, 15) is 15.3 Å². The summed E-state index contributed by atoms with van der Waals surface area (Å²) in [6, 6.07) is 10.3. The van der Waals surface area contributed by atoms with Gasteiger partial charge in [0.1, 0.15) is 0 Å². The van der Waals surface area contributed by atoms with Crippen LogP contribution in [-0.4, -0.2) is 35.7 Å². The zero-order valence-electron chi connectivity index (χ0n) is 13.9. The van der Waals surface area contributed by atoms with Gasteiger partial charge in [-0.1, -0.05) is 77.4 Å². The summed E-state index contributed by atoms with van der Waals surface area (Å²) in [5.74, 6) is 0. The van der Waals surface area contributed by atoms with Crippen LogP contribution >= 0.6 is 0 Å². The van der Waals surface area contributed by atoms with Crippen molar-refractivity contribution in [2.75, 3.05) is 0 Å².